The summed E-state index contributed by atoms with van der Waals surface area (Å²) in [5, 5.41) is 4.97. The van der Waals surface area contributed by atoms with Gasteiger partial charge >= 0.3 is 0 Å². The van der Waals surface area contributed by atoms with Crippen molar-refractivity contribution in [3.63, 3.8) is 0 Å². The maximum Gasteiger partial charge on any atom is 0.259 e. The normalized spacial score (nSPS) is 10.5. The Morgan fingerprint density at radius 1 is 1.00 bits per heavy atom. The van der Waals surface area contributed by atoms with Gasteiger partial charge in [0, 0.05) is 9.26 Å². The number of nitrogens with one attached hydrogen (secondary N) is 1. The van der Waals surface area contributed by atoms with Gasteiger partial charge in [0.05, 0.1) is 12.7 Å². The Labute approximate surface area is 142 Å². The van der Waals surface area contributed by atoms with Crippen molar-refractivity contribution in [1.29, 1.82) is 0 Å². The summed E-state index contributed by atoms with van der Waals surface area (Å²) in [5.74, 6) is 0.395. The molecular weight excluding hydrogens is 389 g/mol. The highest BCUT2D eigenvalue weighted by atomic mass is 127. The van der Waals surface area contributed by atoms with Crippen LogP contribution >= 0.6 is 22.6 Å². The summed E-state index contributed by atoms with van der Waals surface area (Å²) in [4.78, 5) is 12.6. The molecule has 0 heterocycles. The topological polar surface area (TPSA) is 38.3 Å². The molecule has 4 heteroatoms. The monoisotopic (exact) mass is 403 g/mol. The zero-order valence-electron chi connectivity index (χ0n) is 12.0. The van der Waals surface area contributed by atoms with Crippen LogP contribution in [0.1, 0.15) is 10.4 Å². The Balaban J connectivity index is 1.99. The maximum atomic E-state index is 12.6. The van der Waals surface area contributed by atoms with Crippen molar-refractivity contribution in [2.45, 2.75) is 0 Å². The Bertz CT molecular complexity index is 845. The number of carbonyl (C=O) groups is 1. The van der Waals surface area contributed by atoms with Gasteiger partial charge in [-0.1, -0.05) is 30.3 Å². The fourth-order valence-electron chi connectivity index (χ4n) is 2.33. The van der Waals surface area contributed by atoms with Crippen molar-refractivity contribution in [2.24, 2.45) is 0 Å². The van der Waals surface area contributed by atoms with E-state index in [0.29, 0.717) is 11.3 Å². The minimum absolute atomic E-state index is 0.176. The highest BCUT2D eigenvalue weighted by Gasteiger charge is 2.14. The van der Waals surface area contributed by atoms with Crippen LogP contribution in [0.3, 0.4) is 0 Å². The second kappa shape index (κ2) is 6.36. The lowest BCUT2D eigenvalue weighted by Crippen LogP contribution is -2.13. The molecule has 0 spiro atoms. The van der Waals surface area contributed by atoms with Crippen LogP contribution in [-0.4, -0.2) is 13.0 Å². The number of anilines is 1. The third kappa shape index (κ3) is 3.06. The molecule has 3 rings (SSSR count). The van der Waals surface area contributed by atoms with E-state index in [9.17, 15) is 4.79 Å². The Morgan fingerprint density at radius 3 is 2.41 bits per heavy atom. The van der Waals surface area contributed by atoms with Crippen LogP contribution in [0.4, 0.5) is 5.69 Å². The standard InChI is InChI=1S/C18H14INO2/c1-22-17-10-13-6-3-2-5-12(13)9-16(17)18(21)20-15-8-4-7-14(19)11-15/h2-11H,1H3,(H,20,21). The van der Waals surface area contributed by atoms with E-state index in [2.05, 4.69) is 27.9 Å². The van der Waals surface area contributed by atoms with E-state index in [4.69, 9.17) is 4.74 Å². The van der Waals surface area contributed by atoms with Crippen LogP contribution in [0.15, 0.2) is 60.7 Å². The lowest BCUT2D eigenvalue weighted by molar-refractivity contribution is 0.102. The summed E-state index contributed by atoms with van der Waals surface area (Å²) in [7, 11) is 1.58. The summed E-state index contributed by atoms with van der Waals surface area (Å²) in [6.07, 6.45) is 0. The molecule has 0 bridgehead atoms. The van der Waals surface area contributed by atoms with Crippen LogP contribution < -0.4 is 10.1 Å². The number of halogens is 1. The SMILES string of the molecule is COc1cc2ccccc2cc1C(=O)Nc1cccc(I)c1. The van der Waals surface area contributed by atoms with E-state index in [1.54, 1.807) is 7.11 Å². The quantitative estimate of drug-likeness (QED) is 0.644. The van der Waals surface area contributed by atoms with Crippen LogP contribution in [0, 0.1) is 3.57 Å². The molecule has 0 radical (unpaired) electrons. The van der Waals surface area contributed by atoms with E-state index in [-0.39, 0.29) is 5.91 Å². The van der Waals surface area contributed by atoms with Gasteiger partial charge in [-0.2, -0.15) is 0 Å². The predicted molar refractivity (Wildman–Crippen MR) is 97.6 cm³/mol. The number of benzene rings is 3. The minimum Gasteiger partial charge on any atom is -0.496 e. The fraction of sp³-hybridized carbons (Fsp3) is 0.0556. The van der Waals surface area contributed by atoms with Crippen molar-refractivity contribution in [3.05, 3.63) is 69.8 Å². The third-order valence-electron chi connectivity index (χ3n) is 3.39. The molecule has 0 saturated carbocycles. The van der Waals surface area contributed by atoms with Crippen molar-refractivity contribution >= 4 is 45.0 Å². The molecule has 0 aliphatic carbocycles. The van der Waals surface area contributed by atoms with E-state index < -0.39 is 0 Å². The van der Waals surface area contributed by atoms with Gasteiger partial charge in [0.2, 0.25) is 0 Å². The van der Waals surface area contributed by atoms with Crippen LogP contribution in [0.25, 0.3) is 10.8 Å². The molecule has 0 aliphatic rings. The molecule has 0 saturated heterocycles. The van der Waals surface area contributed by atoms with Gasteiger partial charge in [-0.15, -0.1) is 0 Å². The molecule has 0 aliphatic heterocycles. The first kappa shape index (κ1) is 14.8. The zero-order valence-corrected chi connectivity index (χ0v) is 14.1. The molecule has 0 fully saturated rings. The second-order valence-electron chi connectivity index (χ2n) is 4.86. The first-order chi connectivity index (χ1) is 10.7. The van der Waals surface area contributed by atoms with E-state index in [1.807, 2.05) is 60.7 Å². The largest absolute Gasteiger partial charge is 0.496 e. The highest BCUT2D eigenvalue weighted by Crippen LogP contribution is 2.27. The average Bonchev–Trinajstić information content (AvgIpc) is 2.53. The lowest BCUT2D eigenvalue weighted by Gasteiger charge is -2.11. The smallest absolute Gasteiger partial charge is 0.259 e. The van der Waals surface area contributed by atoms with Crippen molar-refractivity contribution in [2.75, 3.05) is 12.4 Å². The predicted octanol–water partition coefficient (Wildman–Crippen LogP) is 4.71. The van der Waals surface area contributed by atoms with Gasteiger partial charge in [-0.3, -0.25) is 4.79 Å². The van der Waals surface area contributed by atoms with Crippen molar-refractivity contribution in [1.82, 2.24) is 0 Å². The molecule has 3 aromatic rings. The average molecular weight is 403 g/mol. The molecule has 0 unspecified atom stereocenters. The van der Waals surface area contributed by atoms with Crippen LogP contribution in [0.2, 0.25) is 0 Å². The molecule has 0 aromatic heterocycles. The van der Waals surface area contributed by atoms with Gasteiger partial charge in [0.15, 0.2) is 0 Å². The zero-order chi connectivity index (χ0) is 15.5. The van der Waals surface area contributed by atoms with Gasteiger partial charge in [0.25, 0.3) is 5.91 Å². The highest BCUT2D eigenvalue weighted by molar-refractivity contribution is 14.1. The number of ether oxygens (including phenoxy) is 1. The summed E-state index contributed by atoms with van der Waals surface area (Å²) in [6, 6.07) is 19.3. The summed E-state index contributed by atoms with van der Waals surface area (Å²) < 4.78 is 6.44. The first-order valence-electron chi connectivity index (χ1n) is 6.81. The number of hydrogen-bond donors (Lipinski definition) is 1. The summed E-state index contributed by atoms with van der Waals surface area (Å²) in [5.41, 5.74) is 1.30. The maximum absolute atomic E-state index is 12.6. The van der Waals surface area contributed by atoms with Gasteiger partial charge in [0.1, 0.15) is 5.75 Å². The molecule has 3 nitrogen and oxygen atoms in total. The molecule has 1 amide bonds. The van der Waals surface area contributed by atoms with Crippen LogP contribution in [0.5, 0.6) is 5.75 Å². The minimum atomic E-state index is -0.176. The Kier molecular flexibility index (Phi) is 4.29. The number of hydrogen-bond acceptors (Lipinski definition) is 2. The van der Waals surface area contributed by atoms with Crippen molar-refractivity contribution < 1.29 is 9.53 Å². The number of amides is 1. The fourth-order valence-corrected chi connectivity index (χ4v) is 2.87. The number of rotatable bonds is 3. The second-order valence-corrected chi connectivity index (χ2v) is 6.11. The molecule has 110 valence electrons. The van der Waals surface area contributed by atoms with Gasteiger partial charge in [-0.05, 0) is 63.7 Å². The molecule has 22 heavy (non-hydrogen) atoms. The number of fused-ring (bicyclic) bond motifs is 1. The van der Waals surface area contributed by atoms with E-state index >= 15 is 0 Å². The third-order valence-corrected chi connectivity index (χ3v) is 4.07. The van der Waals surface area contributed by atoms with E-state index in [0.717, 1.165) is 20.0 Å². The molecule has 0 atom stereocenters. The number of carbonyl (C=O) groups excluding carboxylic acids is 1. The molecule has 3 aromatic carbocycles. The lowest BCUT2D eigenvalue weighted by atomic mass is 10.1. The van der Waals surface area contributed by atoms with Gasteiger partial charge in [-0.25, -0.2) is 0 Å². The summed E-state index contributed by atoms with van der Waals surface area (Å²) >= 11 is 2.22. The van der Waals surface area contributed by atoms with E-state index in [1.165, 1.54) is 0 Å². The summed E-state index contributed by atoms with van der Waals surface area (Å²) in [6.45, 7) is 0. The Morgan fingerprint density at radius 2 is 1.73 bits per heavy atom. The van der Waals surface area contributed by atoms with Crippen molar-refractivity contribution in [3.8, 4) is 5.75 Å². The Hall–Kier alpha value is -2.08. The number of methoxy groups -OCH3 is 1. The molecular formula is C18H14INO2. The molecule has 1 N–H and O–H groups in total. The first-order valence-corrected chi connectivity index (χ1v) is 7.89. The van der Waals surface area contributed by atoms with Gasteiger partial charge < -0.3 is 10.1 Å². The van der Waals surface area contributed by atoms with Crippen LogP contribution in [-0.2, 0) is 0 Å².